The molecule has 136 valence electrons. The molecular formula is C20H20O6. The minimum Gasteiger partial charge on any atom is -0.507 e. The van der Waals surface area contributed by atoms with Crippen LogP contribution in [0.5, 0.6) is 17.2 Å². The van der Waals surface area contributed by atoms with Crippen molar-refractivity contribution in [3.8, 4) is 17.2 Å². The summed E-state index contributed by atoms with van der Waals surface area (Å²) >= 11 is 0. The largest absolute Gasteiger partial charge is 0.507 e. The fourth-order valence-corrected chi connectivity index (χ4v) is 4.01. The molecule has 0 fully saturated rings. The molecule has 2 aliphatic rings. The van der Waals surface area contributed by atoms with Crippen LogP contribution in [0.3, 0.4) is 0 Å². The van der Waals surface area contributed by atoms with Crippen molar-refractivity contribution in [3.63, 3.8) is 0 Å². The number of methoxy groups -OCH3 is 1. The van der Waals surface area contributed by atoms with Crippen molar-refractivity contribution in [2.75, 3.05) is 7.11 Å². The maximum atomic E-state index is 12.6. The lowest BCUT2D eigenvalue weighted by Gasteiger charge is -2.25. The van der Waals surface area contributed by atoms with E-state index in [1.54, 1.807) is 13.0 Å². The Bertz CT molecular complexity index is 1040. The van der Waals surface area contributed by atoms with Gasteiger partial charge in [0.2, 0.25) is 11.5 Å². The molecule has 0 saturated heterocycles. The van der Waals surface area contributed by atoms with Crippen LogP contribution in [0.25, 0.3) is 16.5 Å². The van der Waals surface area contributed by atoms with Crippen molar-refractivity contribution in [1.29, 1.82) is 0 Å². The van der Waals surface area contributed by atoms with Gasteiger partial charge in [0.05, 0.1) is 18.2 Å². The maximum Gasteiger partial charge on any atom is 0.235 e. The van der Waals surface area contributed by atoms with Gasteiger partial charge in [0, 0.05) is 21.8 Å². The van der Waals surface area contributed by atoms with Gasteiger partial charge >= 0.3 is 0 Å². The molecule has 26 heavy (non-hydrogen) atoms. The molecule has 1 aliphatic carbocycles. The van der Waals surface area contributed by atoms with Crippen LogP contribution in [0.4, 0.5) is 0 Å². The first kappa shape index (κ1) is 16.6. The fourth-order valence-electron chi connectivity index (χ4n) is 4.01. The summed E-state index contributed by atoms with van der Waals surface area (Å²) in [5.74, 6) is -1.46. The van der Waals surface area contributed by atoms with Crippen LogP contribution in [-0.4, -0.2) is 34.3 Å². The van der Waals surface area contributed by atoms with Crippen molar-refractivity contribution in [2.45, 2.75) is 39.2 Å². The van der Waals surface area contributed by atoms with Gasteiger partial charge in [0.1, 0.15) is 23.4 Å². The third kappa shape index (κ3) is 1.69. The number of aromatic hydroxyl groups is 1. The molecule has 6 heteroatoms. The molecule has 0 spiro atoms. The fraction of sp³-hybridized carbons (Fsp3) is 0.350. The van der Waals surface area contributed by atoms with Gasteiger partial charge in [-0.25, -0.2) is 0 Å². The number of ether oxygens (including phenoxy) is 2. The SMILES string of the molecule is COc1cc(C)c2c(O)c3c(c4c2c1C(=O)C(O)=C4O)OC(C)C3(C)C. The van der Waals surface area contributed by atoms with Crippen LogP contribution in [-0.2, 0) is 5.41 Å². The number of aryl methyl sites for hydroxylation is 1. The predicted octanol–water partition coefficient (Wildman–Crippen LogP) is 3.90. The average molecular weight is 356 g/mol. The minimum atomic E-state index is -0.755. The lowest BCUT2D eigenvalue weighted by Crippen LogP contribution is -2.28. The number of allylic oxidation sites excluding steroid dienone is 1. The molecule has 1 atom stereocenters. The lowest BCUT2D eigenvalue weighted by atomic mass is 9.77. The molecule has 2 aromatic carbocycles. The van der Waals surface area contributed by atoms with Crippen LogP contribution < -0.4 is 9.47 Å². The van der Waals surface area contributed by atoms with E-state index in [1.165, 1.54) is 7.11 Å². The Morgan fingerprint density at radius 2 is 1.77 bits per heavy atom. The van der Waals surface area contributed by atoms with Gasteiger partial charge in [-0.1, -0.05) is 13.8 Å². The number of phenols is 1. The number of ketones is 1. The second-order valence-corrected chi connectivity index (χ2v) is 7.46. The number of carbonyl (C=O) groups is 1. The summed E-state index contributed by atoms with van der Waals surface area (Å²) in [6, 6.07) is 1.65. The van der Waals surface area contributed by atoms with Gasteiger partial charge in [-0.15, -0.1) is 0 Å². The Labute approximate surface area is 150 Å². The number of phenolic OH excluding ortho intramolecular Hbond substituents is 1. The number of aliphatic hydroxyl groups is 2. The number of hydrogen-bond donors (Lipinski definition) is 3. The van der Waals surface area contributed by atoms with Crippen molar-refractivity contribution in [2.24, 2.45) is 0 Å². The van der Waals surface area contributed by atoms with Crippen molar-refractivity contribution in [3.05, 3.63) is 34.1 Å². The van der Waals surface area contributed by atoms with Crippen LogP contribution in [0, 0.1) is 6.92 Å². The second kappa shape index (κ2) is 4.84. The summed E-state index contributed by atoms with van der Waals surface area (Å²) in [5, 5.41) is 32.7. The average Bonchev–Trinajstić information content (AvgIpc) is 2.81. The van der Waals surface area contributed by atoms with Gasteiger partial charge in [-0.05, 0) is 25.5 Å². The van der Waals surface area contributed by atoms with Crippen LogP contribution >= 0.6 is 0 Å². The van der Waals surface area contributed by atoms with E-state index < -0.39 is 22.7 Å². The summed E-state index contributed by atoms with van der Waals surface area (Å²) < 4.78 is 11.3. The zero-order chi connectivity index (χ0) is 19.1. The molecule has 3 N–H and O–H groups in total. The van der Waals surface area contributed by atoms with E-state index in [0.717, 1.165) is 0 Å². The minimum absolute atomic E-state index is 0.0245. The van der Waals surface area contributed by atoms with E-state index in [-0.39, 0.29) is 34.5 Å². The highest BCUT2D eigenvalue weighted by Gasteiger charge is 2.46. The number of rotatable bonds is 1. The standard InChI is InChI=1S/C20H20O6/c1-7-6-9(25-5)11-12-10(7)15(21)14-19(26-8(2)20(14,3)4)13(12)17(23)18(24)16(11)22/h6,8,21,23-24H,1-5H3. The molecule has 6 nitrogen and oxygen atoms in total. The van der Waals surface area contributed by atoms with E-state index in [4.69, 9.17) is 9.47 Å². The molecule has 4 rings (SSSR count). The van der Waals surface area contributed by atoms with Crippen molar-refractivity contribution in [1.82, 2.24) is 0 Å². The number of aliphatic hydroxyl groups excluding tert-OH is 2. The summed E-state index contributed by atoms with van der Waals surface area (Å²) in [4.78, 5) is 12.6. The highest BCUT2D eigenvalue weighted by Crippen LogP contribution is 2.57. The molecule has 1 heterocycles. The number of fused-ring (bicyclic) bond motifs is 2. The number of benzene rings is 2. The van der Waals surface area contributed by atoms with Gasteiger partial charge < -0.3 is 24.8 Å². The van der Waals surface area contributed by atoms with Crippen LogP contribution in [0.15, 0.2) is 11.8 Å². The molecule has 0 radical (unpaired) electrons. The second-order valence-electron chi connectivity index (χ2n) is 7.46. The van der Waals surface area contributed by atoms with Crippen molar-refractivity contribution >= 4 is 22.3 Å². The quantitative estimate of drug-likeness (QED) is 0.717. The first-order valence-electron chi connectivity index (χ1n) is 8.37. The number of Topliss-reactive ketones (excluding diaryl/α,β-unsaturated/α-hetero) is 1. The highest BCUT2D eigenvalue weighted by atomic mass is 16.5. The van der Waals surface area contributed by atoms with Gasteiger partial charge in [0.25, 0.3) is 0 Å². The van der Waals surface area contributed by atoms with Gasteiger partial charge in [-0.3, -0.25) is 4.79 Å². The zero-order valence-corrected chi connectivity index (χ0v) is 15.2. The summed E-state index contributed by atoms with van der Waals surface area (Å²) in [6.07, 6.45) is -0.269. The number of carbonyl (C=O) groups excluding carboxylic acids is 1. The molecule has 0 aromatic heterocycles. The van der Waals surface area contributed by atoms with Gasteiger partial charge in [0.15, 0.2) is 5.76 Å². The maximum absolute atomic E-state index is 12.6. The van der Waals surface area contributed by atoms with E-state index in [2.05, 4.69) is 0 Å². The third-order valence-electron chi connectivity index (χ3n) is 5.74. The zero-order valence-electron chi connectivity index (χ0n) is 15.2. The Balaban J connectivity index is 2.33. The monoisotopic (exact) mass is 356 g/mol. The highest BCUT2D eigenvalue weighted by molar-refractivity contribution is 6.26. The van der Waals surface area contributed by atoms with E-state index >= 15 is 0 Å². The van der Waals surface area contributed by atoms with E-state index in [1.807, 2.05) is 20.8 Å². The summed E-state index contributed by atoms with van der Waals surface area (Å²) in [5.41, 5.74) is 1.06. The predicted molar refractivity (Wildman–Crippen MR) is 96.5 cm³/mol. The topological polar surface area (TPSA) is 96.2 Å². The van der Waals surface area contributed by atoms with Crippen molar-refractivity contribution < 1.29 is 29.6 Å². The van der Waals surface area contributed by atoms with E-state index in [0.29, 0.717) is 21.9 Å². The lowest BCUT2D eigenvalue weighted by molar-refractivity contribution is 0.0972. The molecule has 0 amide bonds. The summed E-state index contributed by atoms with van der Waals surface area (Å²) in [6.45, 7) is 7.55. The number of hydrogen-bond acceptors (Lipinski definition) is 6. The first-order chi connectivity index (χ1) is 12.1. The summed E-state index contributed by atoms with van der Waals surface area (Å²) in [7, 11) is 1.42. The molecule has 2 aromatic rings. The van der Waals surface area contributed by atoms with Crippen LogP contribution in [0.1, 0.15) is 47.8 Å². The normalized spacial score (nSPS) is 20.3. The Hall–Kier alpha value is -2.89. The molecule has 1 unspecified atom stereocenters. The van der Waals surface area contributed by atoms with Crippen LogP contribution in [0.2, 0.25) is 0 Å². The smallest absolute Gasteiger partial charge is 0.235 e. The Morgan fingerprint density at radius 1 is 1.12 bits per heavy atom. The molecule has 1 aliphatic heterocycles. The molecular weight excluding hydrogens is 336 g/mol. The Morgan fingerprint density at radius 3 is 2.38 bits per heavy atom. The van der Waals surface area contributed by atoms with E-state index in [9.17, 15) is 20.1 Å². The molecule has 0 saturated carbocycles. The third-order valence-corrected chi connectivity index (χ3v) is 5.74. The van der Waals surface area contributed by atoms with Gasteiger partial charge in [-0.2, -0.15) is 0 Å². The Kier molecular flexibility index (Phi) is 3.09. The first-order valence-corrected chi connectivity index (χ1v) is 8.37. The molecule has 0 bridgehead atoms.